The predicted octanol–water partition coefficient (Wildman–Crippen LogP) is 3.09. The third kappa shape index (κ3) is 3.69. The number of aromatic nitrogens is 1. The molecule has 1 amide bonds. The van der Waals surface area contributed by atoms with Crippen LogP contribution in [-0.4, -0.2) is 30.0 Å². The van der Waals surface area contributed by atoms with Gasteiger partial charge >= 0.3 is 6.18 Å². The third-order valence-corrected chi connectivity index (χ3v) is 4.01. The van der Waals surface area contributed by atoms with E-state index in [1.165, 1.54) is 18.6 Å². The summed E-state index contributed by atoms with van der Waals surface area (Å²) in [7, 11) is 0. The second-order valence-electron chi connectivity index (χ2n) is 5.65. The van der Waals surface area contributed by atoms with E-state index in [4.69, 9.17) is 4.42 Å². The molecule has 0 unspecified atom stereocenters. The smallest absolute Gasteiger partial charge is 0.417 e. The fourth-order valence-electron chi connectivity index (χ4n) is 2.66. The Morgan fingerprint density at radius 3 is 2.54 bits per heavy atom. The van der Waals surface area contributed by atoms with Crippen molar-refractivity contribution in [1.29, 1.82) is 0 Å². The van der Waals surface area contributed by atoms with Gasteiger partial charge in [-0.05, 0) is 31.0 Å². The number of hydrogen-bond acceptors (Lipinski definition) is 4. The summed E-state index contributed by atoms with van der Waals surface area (Å²) in [4.78, 5) is 17.8. The number of nitrogens with one attached hydrogen (secondary N) is 1. The van der Waals surface area contributed by atoms with Gasteiger partial charge in [0, 0.05) is 25.3 Å². The number of carbonyl (C=O) groups excluding carboxylic acids is 1. The Kier molecular flexibility index (Phi) is 4.46. The van der Waals surface area contributed by atoms with Crippen LogP contribution >= 0.6 is 0 Å². The van der Waals surface area contributed by atoms with E-state index in [1.807, 2.05) is 4.90 Å². The molecule has 1 fully saturated rings. The highest BCUT2D eigenvalue weighted by atomic mass is 19.4. The number of carbonyl (C=O) groups is 1. The van der Waals surface area contributed by atoms with E-state index < -0.39 is 11.7 Å². The number of alkyl halides is 3. The van der Waals surface area contributed by atoms with Gasteiger partial charge in [-0.25, -0.2) is 4.98 Å². The fraction of sp³-hybridized carbons (Fsp3) is 0.375. The van der Waals surface area contributed by atoms with Gasteiger partial charge in [0.2, 0.25) is 0 Å². The number of nitrogens with zero attached hydrogens (tertiary/aromatic N) is 2. The van der Waals surface area contributed by atoms with E-state index in [0.29, 0.717) is 37.3 Å². The van der Waals surface area contributed by atoms with E-state index in [-0.39, 0.29) is 11.9 Å². The van der Waals surface area contributed by atoms with Crippen LogP contribution in [0, 0.1) is 0 Å². The minimum Gasteiger partial charge on any atom is -0.472 e. The van der Waals surface area contributed by atoms with E-state index in [0.717, 1.165) is 12.3 Å². The molecule has 0 aliphatic carbocycles. The number of amides is 1. The van der Waals surface area contributed by atoms with Gasteiger partial charge in [0.05, 0.1) is 17.4 Å². The summed E-state index contributed by atoms with van der Waals surface area (Å²) in [6, 6.07) is 4.04. The summed E-state index contributed by atoms with van der Waals surface area (Å²) in [5.74, 6) is 0.331. The minimum absolute atomic E-state index is 0.0260. The summed E-state index contributed by atoms with van der Waals surface area (Å²) in [5, 5.41) is 2.93. The van der Waals surface area contributed by atoms with E-state index in [2.05, 4.69) is 10.3 Å². The van der Waals surface area contributed by atoms with Crippen molar-refractivity contribution in [3.05, 3.63) is 48.0 Å². The second kappa shape index (κ2) is 6.54. The molecule has 1 aliphatic rings. The lowest BCUT2D eigenvalue weighted by molar-refractivity contribution is -0.137. The lowest BCUT2D eigenvalue weighted by Crippen LogP contribution is -2.44. The van der Waals surface area contributed by atoms with Gasteiger partial charge in [-0.2, -0.15) is 13.2 Å². The zero-order valence-corrected chi connectivity index (χ0v) is 12.7. The molecule has 8 heteroatoms. The summed E-state index contributed by atoms with van der Waals surface area (Å²) in [6.45, 7) is 1.24. The molecule has 2 aromatic heterocycles. The molecule has 2 aromatic rings. The second-order valence-corrected chi connectivity index (χ2v) is 5.65. The van der Waals surface area contributed by atoms with Crippen molar-refractivity contribution < 1.29 is 22.4 Å². The number of pyridine rings is 1. The van der Waals surface area contributed by atoms with Crippen molar-refractivity contribution in [3.63, 3.8) is 0 Å². The Balaban J connectivity index is 1.54. The topological polar surface area (TPSA) is 58.4 Å². The predicted molar refractivity (Wildman–Crippen MR) is 80.6 cm³/mol. The van der Waals surface area contributed by atoms with E-state index in [9.17, 15) is 18.0 Å². The number of piperidine rings is 1. The number of anilines is 1. The molecule has 0 saturated carbocycles. The van der Waals surface area contributed by atoms with Crippen LogP contribution in [0.2, 0.25) is 0 Å². The molecule has 0 bridgehead atoms. The van der Waals surface area contributed by atoms with Gasteiger partial charge in [-0.3, -0.25) is 4.79 Å². The average Bonchev–Trinajstić information content (AvgIpc) is 3.09. The molecule has 3 heterocycles. The molecule has 1 saturated heterocycles. The number of rotatable bonds is 3. The molecule has 1 aliphatic heterocycles. The van der Waals surface area contributed by atoms with Crippen molar-refractivity contribution >= 4 is 11.7 Å². The van der Waals surface area contributed by atoms with Gasteiger partial charge in [0.25, 0.3) is 5.91 Å². The Morgan fingerprint density at radius 2 is 2.00 bits per heavy atom. The number of hydrogen-bond donors (Lipinski definition) is 1. The lowest BCUT2D eigenvalue weighted by atomic mass is 10.0. The van der Waals surface area contributed by atoms with Crippen LogP contribution in [0.5, 0.6) is 0 Å². The molecular weight excluding hydrogens is 323 g/mol. The first kappa shape index (κ1) is 16.4. The van der Waals surface area contributed by atoms with Gasteiger partial charge in [-0.1, -0.05) is 0 Å². The first-order valence-electron chi connectivity index (χ1n) is 7.55. The highest BCUT2D eigenvalue weighted by Gasteiger charge is 2.31. The molecule has 0 atom stereocenters. The van der Waals surface area contributed by atoms with Crippen LogP contribution in [0.4, 0.5) is 19.0 Å². The summed E-state index contributed by atoms with van der Waals surface area (Å²) < 4.78 is 42.5. The molecule has 5 nitrogen and oxygen atoms in total. The Labute approximate surface area is 136 Å². The Hall–Kier alpha value is -2.51. The van der Waals surface area contributed by atoms with Crippen molar-refractivity contribution in [3.8, 4) is 0 Å². The Morgan fingerprint density at radius 1 is 1.25 bits per heavy atom. The van der Waals surface area contributed by atoms with Crippen LogP contribution < -0.4 is 10.2 Å². The Bertz CT molecular complexity index is 676. The first-order chi connectivity index (χ1) is 11.4. The van der Waals surface area contributed by atoms with E-state index in [1.54, 1.807) is 6.07 Å². The number of furan rings is 1. The van der Waals surface area contributed by atoms with E-state index >= 15 is 0 Å². The molecule has 128 valence electrons. The summed E-state index contributed by atoms with van der Waals surface area (Å²) in [5.41, 5.74) is -0.282. The minimum atomic E-state index is -4.38. The van der Waals surface area contributed by atoms with Gasteiger partial charge in [0.1, 0.15) is 12.1 Å². The quantitative estimate of drug-likeness (QED) is 0.934. The fourth-order valence-corrected chi connectivity index (χ4v) is 2.66. The molecule has 0 radical (unpaired) electrons. The third-order valence-electron chi connectivity index (χ3n) is 4.01. The van der Waals surface area contributed by atoms with Crippen LogP contribution in [0.3, 0.4) is 0 Å². The van der Waals surface area contributed by atoms with Crippen LogP contribution in [0.1, 0.15) is 28.8 Å². The zero-order valence-electron chi connectivity index (χ0n) is 12.7. The molecular formula is C16H16F3N3O2. The van der Waals surface area contributed by atoms with Crippen molar-refractivity contribution in [1.82, 2.24) is 10.3 Å². The maximum Gasteiger partial charge on any atom is 0.417 e. The molecule has 3 rings (SSSR count). The molecule has 24 heavy (non-hydrogen) atoms. The molecule has 0 aromatic carbocycles. The average molecular weight is 339 g/mol. The van der Waals surface area contributed by atoms with Crippen LogP contribution in [-0.2, 0) is 6.18 Å². The monoisotopic (exact) mass is 339 g/mol. The van der Waals surface area contributed by atoms with Gasteiger partial charge < -0.3 is 14.6 Å². The van der Waals surface area contributed by atoms with Crippen molar-refractivity contribution in [2.45, 2.75) is 25.1 Å². The normalized spacial score (nSPS) is 16.2. The maximum atomic E-state index is 12.6. The maximum absolute atomic E-state index is 12.6. The number of halogens is 3. The van der Waals surface area contributed by atoms with Crippen LogP contribution in [0.25, 0.3) is 0 Å². The lowest BCUT2D eigenvalue weighted by Gasteiger charge is -2.33. The van der Waals surface area contributed by atoms with Crippen LogP contribution in [0.15, 0.2) is 41.3 Å². The van der Waals surface area contributed by atoms with Crippen molar-refractivity contribution in [2.24, 2.45) is 0 Å². The molecule has 1 N–H and O–H groups in total. The van der Waals surface area contributed by atoms with Gasteiger partial charge in [-0.15, -0.1) is 0 Å². The van der Waals surface area contributed by atoms with Gasteiger partial charge in [0.15, 0.2) is 0 Å². The largest absolute Gasteiger partial charge is 0.472 e. The molecule has 0 spiro atoms. The highest BCUT2D eigenvalue weighted by Crippen LogP contribution is 2.29. The highest BCUT2D eigenvalue weighted by molar-refractivity contribution is 5.93. The SMILES string of the molecule is O=C(NC1CCN(c2ccc(C(F)(F)F)cn2)CC1)c1ccoc1. The first-order valence-corrected chi connectivity index (χ1v) is 7.55. The van der Waals surface area contributed by atoms with Crippen molar-refractivity contribution in [2.75, 3.05) is 18.0 Å². The summed E-state index contributed by atoms with van der Waals surface area (Å²) >= 11 is 0. The summed E-state index contributed by atoms with van der Waals surface area (Å²) in [6.07, 6.45) is 0.695. The standard InChI is InChI=1S/C16H16F3N3O2/c17-16(18,19)12-1-2-14(20-9-12)22-6-3-13(4-7-22)21-15(23)11-5-8-24-10-11/h1-2,5,8-10,13H,3-4,6-7H2,(H,21,23). The zero-order chi connectivity index (χ0) is 17.2.